The second kappa shape index (κ2) is 6.76. The molecule has 2 N–H and O–H groups in total. The molecule has 23 heavy (non-hydrogen) atoms. The van der Waals surface area contributed by atoms with Crippen molar-refractivity contribution >= 4 is 22.5 Å². The average molecular weight is 331 g/mol. The predicted molar refractivity (Wildman–Crippen MR) is 88.6 cm³/mol. The predicted octanol–water partition coefficient (Wildman–Crippen LogP) is 1.94. The van der Waals surface area contributed by atoms with Gasteiger partial charge in [0.25, 0.3) is 5.56 Å². The number of nitrogens with one attached hydrogen (secondary N) is 1. The molecule has 0 radical (unpaired) electrons. The first-order valence-corrected chi connectivity index (χ1v) is 7.51. The molecule has 0 bridgehead atoms. The fourth-order valence-electron chi connectivity index (χ4n) is 2.29. The van der Waals surface area contributed by atoms with Gasteiger partial charge in [-0.1, -0.05) is 11.6 Å². The maximum atomic E-state index is 12.4. The molecule has 118 valence electrons. The van der Waals surface area contributed by atoms with Crippen LogP contribution in [0.4, 0.5) is 0 Å². The van der Waals surface area contributed by atoms with E-state index in [-0.39, 0.29) is 21.8 Å². The molecule has 0 fully saturated rings. The third kappa shape index (κ3) is 3.33. The van der Waals surface area contributed by atoms with Crippen LogP contribution in [0, 0.1) is 0 Å². The van der Waals surface area contributed by atoms with Crippen LogP contribution in [-0.4, -0.2) is 26.2 Å². The standard InChI is InChI=1S/C16H15ClN4O2/c17-13-2-1-12-14(15(13)22)20-10-21(16(12)23)8-7-19-9-11-3-5-18-6-4-11/h1-6,10,19,22H,7-9H2. The summed E-state index contributed by atoms with van der Waals surface area (Å²) >= 11 is 5.83. The first-order valence-electron chi connectivity index (χ1n) is 7.13. The van der Waals surface area contributed by atoms with Crippen LogP contribution in [0.3, 0.4) is 0 Å². The van der Waals surface area contributed by atoms with Crippen LogP contribution < -0.4 is 10.9 Å². The second-order valence-corrected chi connectivity index (χ2v) is 5.47. The summed E-state index contributed by atoms with van der Waals surface area (Å²) in [7, 11) is 0. The van der Waals surface area contributed by atoms with Crippen molar-refractivity contribution in [2.45, 2.75) is 13.1 Å². The number of hydrogen-bond donors (Lipinski definition) is 2. The van der Waals surface area contributed by atoms with Gasteiger partial charge in [0.1, 0.15) is 5.52 Å². The zero-order valence-electron chi connectivity index (χ0n) is 12.2. The first-order chi connectivity index (χ1) is 11.2. The lowest BCUT2D eigenvalue weighted by Crippen LogP contribution is -2.27. The highest BCUT2D eigenvalue weighted by molar-refractivity contribution is 6.33. The number of phenols is 1. The number of nitrogens with zero attached hydrogens (tertiary/aromatic N) is 3. The van der Waals surface area contributed by atoms with Gasteiger partial charge < -0.3 is 10.4 Å². The minimum absolute atomic E-state index is 0.163. The summed E-state index contributed by atoms with van der Waals surface area (Å²) < 4.78 is 1.51. The molecule has 0 saturated carbocycles. The fraction of sp³-hybridized carbons (Fsp3) is 0.188. The summed E-state index contributed by atoms with van der Waals surface area (Å²) in [6.45, 7) is 1.81. The highest BCUT2D eigenvalue weighted by atomic mass is 35.5. The number of aromatic nitrogens is 3. The summed E-state index contributed by atoms with van der Waals surface area (Å²) in [6.07, 6.45) is 4.91. The van der Waals surface area contributed by atoms with Gasteiger partial charge >= 0.3 is 0 Å². The molecule has 2 aromatic heterocycles. The Morgan fingerprint density at radius 1 is 1.22 bits per heavy atom. The molecular weight excluding hydrogens is 316 g/mol. The Kier molecular flexibility index (Phi) is 4.55. The summed E-state index contributed by atoms with van der Waals surface area (Å²) in [5.41, 5.74) is 1.15. The number of fused-ring (bicyclic) bond motifs is 1. The molecule has 0 aliphatic heterocycles. The van der Waals surface area contributed by atoms with E-state index < -0.39 is 0 Å². The summed E-state index contributed by atoms with van der Waals surface area (Å²) in [4.78, 5) is 20.5. The van der Waals surface area contributed by atoms with Crippen LogP contribution in [0.2, 0.25) is 5.02 Å². The number of halogens is 1. The summed E-state index contributed by atoms with van der Waals surface area (Å²) in [6, 6.07) is 6.94. The maximum absolute atomic E-state index is 12.4. The van der Waals surface area contributed by atoms with Gasteiger partial charge in [-0.25, -0.2) is 4.98 Å². The van der Waals surface area contributed by atoms with Crippen LogP contribution >= 0.6 is 11.6 Å². The van der Waals surface area contributed by atoms with E-state index in [1.807, 2.05) is 12.1 Å². The molecule has 2 heterocycles. The van der Waals surface area contributed by atoms with Crippen LogP contribution in [-0.2, 0) is 13.1 Å². The number of phenolic OH excluding ortho intramolecular Hbond substituents is 1. The Labute approximate surface area is 137 Å². The molecule has 3 rings (SSSR count). The number of pyridine rings is 1. The smallest absolute Gasteiger partial charge is 0.261 e. The zero-order valence-corrected chi connectivity index (χ0v) is 13.0. The Balaban J connectivity index is 1.70. The Morgan fingerprint density at radius 2 is 2.00 bits per heavy atom. The molecule has 0 unspecified atom stereocenters. The monoisotopic (exact) mass is 330 g/mol. The van der Waals surface area contributed by atoms with E-state index in [1.54, 1.807) is 18.5 Å². The van der Waals surface area contributed by atoms with Gasteiger partial charge in [0.2, 0.25) is 0 Å². The molecule has 0 atom stereocenters. The van der Waals surface area contributed by atoms with Gasteiger partial charge in [0.15, 0.2) is 5.75 Å². The van der Waals surface area contributed by atoms with Crippen molar-refractivity contribution in [3.8, 4) is 5.75 Å². The van der Waals surface area contributed by atoms with E-state index >= 15 is 0 Å². The topological polar surface area (TPSA) is 80.0 Å². The molecule has 0 saturated heterocycles. The van der Waals surface area contributed by atoms with Crippen molar-refractivity contribution in [2.24, 2.45) is 0 Å². The van der Waals surface area contributed by atoms with Crippen molar-refractivity contribution in [3.63, 3.8) is 0 Å². The lowest BCUT2D eigenvalue weighted by molar-refractivity contribution is 0.480. The molecule has 3 aromatic rings. The van der Waals surface area contributed by atoms with Crippen LogP contribution in [0.5, 0.6) is 5.75 Å². The van der Waals surface area contributed by atoms with Crippen molar-refractivity contribution in [2.75, 3.05) is 6.54 Å². The van der Waals surface area contributed by atoms with Crippen molar-refractivity contribution in [1.29, 1.82) is 0 Å². The third-order valence-corrected chi connectivity index (χ3v) is 3.83. The van der Waals surface area contributed by atoms with Gasteiger partial charge in [0.05, 0.1) is 16.7 Å². The zero-order chi connectivity index (χ0) is 16.2. The lowest BCUT2D eigenvalue weighted by Gasteiger charge is -2.09. The van der Waals surface area contributed by atoms with Gasteiger partial charge in [-0.15, -0.1) is 0 Å². The molecule has 1 aromatic carbocycles. The first kappa shape index (κ1) is 15.5. The van der Waals surface area contributed by atoms with Crippen molar-refractivity contribution in [3.05, 3.63) is 63.9 Å². The van der Waals surface area contributed by atoms with Gasteiger partial charge in [-0.3, -0.25) is 14.3 Å². The molecular formula is C16H15ClN4O2. The number of benzene rings is 1. The van der Waals surface area contributed by atoms with Crippen LogP contribution in [0.15, 0.2) is 47.8 Å². The molecule has 6 nitrogen and oxygen atoms in total. The fourth-order valence-corrected chi connectivity index (χ4v) is 2.44. The average Bonchev–Trinajstić information content (AvgIpc) is 2.58. The Morgan fingerprint density at radius 3 is 2.78 bits per heavy atom. The van der Waals surface area contributed by atoms with Gasteiger partial charge in [-0.05, 0) is 29.8 Å². The largest absolute Gasteiger partial charge is 0.504 e. The van der Waals surface area contributed by atoms with Crippen LogP contribution in [0.1, 0.15) is 5.56 Å². The number of hydrogen-bond acceptors (Lipinski definition) is 5. The van der Waals surface area contributed by atoms with Crippen LogP contribution in [0.25, 0.3) is 10.9 Å². The molecule has 0 spiro atoms. The van der Waals surface area contributed by atoms with E-state index in [2.05, 4.69) is 15.3 Å². The second-order valence-electron chi connectivity index (χ2n) is 5.07. The van der Waals surface area contributed by atoms with Crippen molar-refractivity contribution in [1.82, 2.24) is 19.9 Å². The number of rotatable bonds is 5. The Bertz CT molecular complexity index is 880. The van der Waals surface area contributed by atoms with Gasteiger partial charge in [-0.2, -0.15) is 0 Å². The minimum atomic E-state index is -0.201. The maximum Gasteiger partial charge on any atom is 0.261 e. The highest BCUT2D eigenvalue weighted by Crippen LogP contribution is 2.28. The molecule has 0 aliphatic carbocycles. The quantitative estimate of drug-likeness (QED) is 0.699. The molecule has 7 heteroatoms. The van der Waals surface area contributed by atoms with E-state index in [9.17, 15) is 9.90 Å². The number of aromatic hydroxyl groups is 1. The van der Waals surface area contributed by atoms with E-state index in [0.717, 1.165) is 5.56 Å². The lowest BCUT2D eigenvalue weighted by atomic mass is 10.2. The highest BCUT2D eigenvalue weighted by Gasteiger charge is 2.10. The van der Waals surface area contributed by atoms with Crippen molar-refractivity contribution < 1.29 is 5.11 Å². The molecule has 0 amide bonds. The summed E-state index contributed by atoms with van der Waals surface area (Å²) in [5.74, 6) is -0.163. The normalized spacial score (nSPS) is 11.0. The van der Waals surface area contributed by atoms with E-state index in [4.69, 9.17) is 11.6 Å². The molecule has 0 aliphatic rings. The van der Waals surface area contributed by atoms with E-state index in [1.165, 1.54) is 17.0 Å². The van der Waals surface area contributed by atoms with Gasteiger partial charge in [0, 0.05) is 32.0 Å². The Hall–Kier alpha value is -2.44. The minimum Gasteiger partial charge on any atom is -0.504 e. The third-order valence-electron chi connectivity index (χ3n) is 3.53. The van der Waals surface area contributed by atoms with E-state index in [0.29, 0.717) is 25.0 Å². The SMILES string of the molecule is O=c1c2ccc(Cl)c(O)c2ncn1CCNCc1ccncc1. The summed E-state index contributed by atoms with van der Waals surface area (Å²) in [5, 5.41) is 13.6.